The summed E-state index contributed by atoms with van der Waals surface area (Å²) in [5, 5.41) is 34.7. The van der Waals surface area contributed by atoms with Crippen molar-refractivity contribution in [1.29, 1.82) is 0 Å². The van der Waals surface area contributed by atoms with E-state index in [9.17, 15) is 14.4 Å². The second-order valence-corrected chi connectivity index (χ2v) is 19.4. The highest BCUT2D eigenvalue weighted by molar-refractivity contribution is 5.69. The van der Waals surface area contributed by atoms with Crippen molar-refractivity contribution in [3.05, 3.63) is 0 Å². The van der Waals surface area contributed by atoms with Gasteiger partial charge in [-0.15, -0.1) is 0 Å². The van der Waals surface area contributed by atoms with Crippen LogP contribution in [0, 0.1) is 0 Å². The third kappa shape index (κ3) is 71.5. The lowest BCUT2D eigenvalue weighted by molar-refractivity contribution is -0.147. The van der Waals surface area contributed by atoms with E-state index in [4.69, 9.17) is 25.2 Å². The van der Waals surface area contributed by atoms with Gasteiger partial charge >= 0.3 is 17.9 Å². The number of hydrogen-bond donors (Lipinski definition) is 4. The number of ether oxygens (including phenoxy) is 1. The number of carbonyl (C=O) groups excluding carboxylic acids is 1. The van der Waals surface area contributed by atoms with E-state index in [0.717, 1.165) is 38.5 Å². The first-order chi connectivity index (χ1) is 31.7. The van der Waals surface area contributed by atoms with Crippen molar-refractivity contribution in [3.8, 4) is 0 Å². The van der Waals surface area contributed by atoms with Crippen molar-refractivity contribution in [2.45, 2.75) is 335 Å². The van der Waals surface area contributed by atoms with Gasteiger partial charge in [-0.1, -0.05) is 290 Å². The summed E-state index contributed by atoms with van der Waals surface area (Å²) in [6.45, 7) is 6.33. The van der Waals surface area contributed by atoms with Crippen LogP contribution in [0.4, 0.5) is 0 Å². The normalized spacial score (nSPS) is 11.4. The summed E-state index contributed by atoms with van der Waals surface area (Å²) in [6, 6.07) is 0. The number of aliphatic carboxylic acids is 2. The van der Waals surface area contributed by atoms with Gasteiger partial charge in [-0.2, -0.15) is 0 Å². The molecule has 0 spiro atoms. The minimum Gasteiger partial charge on any atom is -0.481 e. The molecule has 0 aliphatic carbocycles. The lowest BCUT2D eigenvalue weighted by atomic mass is 10.0. The molecule has 390 valence electrons. The van der Waals surface area contributed by atoms with E-state index < -0.39 is 18.0 Å². The van der Waals surface area contributed by atoms with Crippen molar-refractivity contribution < 1.29 is 39.5 Å². The fraction of sp³-hybridized carbons (Fsp3) is 0.947. The summed E-state index contributed by atoms with van der Waals surface area (Å²) in [6.07, 6.45) is 59.4. The van der Waals surface area contributed by atoms with Gasteiger partial charge < -0.3 is 25.2 Å². The molecule has 0 radical (unpaired) electrons. The second kappa shape index (κ2) is 62.3. The Kier molecular flexibility index (Phi) is 64.8. The number of unbranched alkanes of at least 4 members (excludes halogenated alkanes) is 42. The summed E-state index contributed by atoms with van der Waals surface area (Å²) in [5.74, 6) is -1.58. The third-order valence-corrected chi connectivity index (χ3v) is 12.6. The summed E-state index contributed by atoms with van der Waals surface area (Å²) < 4.78 is 4.86. The molecule has 0 heterocycles. The Hall–Kier alpha value is -1.67. The second-order valence-electron chi connectivity index (χ2n) is 19.4. The maximum atomic E-state index is 11.4. The molecular formula is C57H114O8. The molecule has 65 heavy (non-hydrogen) atoms. The SMILES string of the molecule is CCCCCCCCCCCCCCCCCC(=O)O.CCCCCCCCCCCCCCCCCC(=O)O.CCCCCCCCCCCCCCCCCC(=O)OCC(O)CO. The smallest absolute Gasteiger partial charge is 0.305 e. The Morgan fingerprint density at radius 3 is 0.692 bits per heavy atom. The molecule has 0 rings (SSSR count). The maximum Gasteiger partial charge on any atom is 0.305 e. The van der Waals surface area contributed by atoms with Crippen molar-refractivity contribution in [2.24, 2.45) is 0 Å². The number of rotatable bonds is 51. The fourth-order valence-electron chi connectivity index (χ4n) is 8.25. The van der Waals surface area contributed by atoms with Crippen LogP contribution in [0.15, 0.2) is 0 Å². The van der Waals surface area contributed by atoms with E-state index in [2.05, 4.69) is 20.8 Å². The zero-order valence-electron chi connectivity index (χ0n) is 43.9. The molecule has 0 aromatic carbocycles. The predicted molar refractivity (Wildman–Crippen MR) is 278 cm³/mol. The van der Waals surface area contributed by atoms with E-state index in [1.165, 1.54) is 250 Å². The van der Waals surface area contributed by atoms with Crippen LogP contribution < -0.4 is 0 Å². The number of hydrogen-bond acceptors (Lipinski definition) is 6. The van der Waals surface area contributed by atoms with Crippen molar-refractivity contribution in [2.75, 3.05) is 13.2 Å². The van der Waals surface area contributed by atoms with Crippen LogP contribution in [0.2, 0.25) is 0 Å². The molecule has 8 heteroatoms. The van der Waals surface area contributed by atoms with Gasteiger partial charge in [0.25, 0.3) is 0 Å². The predicted octanol–water partition coefficient (Wildman–Crippen LogP) is 17.8. The number of carbonyl (C=O) groups is 3. The van der Waals surface area contributed by atoms with Crippen LogP contribution in [0.3, 0.4) is 0 Å². The van der Waals surface area contributed by atoms with Crippen molar-refractivity contribution >= 4 is 17.9 Å². The highest BCUT2D eigenvalue weighted by Crippen LogP contribution is 2.17. The molecule has 0 aliphatic heterocycles. The molecule has 0 bridgehead atoms. The van der Waals surface area contributed by atoms with Crippen molar-refractivity contribution in [1.82, 2.24) is 0 Å². The molecule has 1 atom stereocenters. The highest BCUT2D eigenvalue weighted by Gasteiger charge is 2.07. The lowest BCUT2D eigenvalue weighted by Gasteiger charge is -2.08. The Morgan fingerprint density at radius 1 is 0.323 bits per heavy atom. The lowest BCUT2D eigenvalue weighted by Crippen LogP contribution is -2.21. The third-order valence-electron chi connectivity index (χ3n) is 12.6. The van der Waals surface area contributed by atoms with Crippen molar-refractivity contribution in [3.63, 3.8) is 0 Å². The monoisotopic (exact) mass is 927 g/mol. The van der Waals surface area contributed by atoms with Gasteiger partial charge in [-0.3, -0.25) is 14.4 Å². The molecule has 0 aliphatic rings. The van der Waals surface area contributed by atoms with E-state index >= 15 is 0 Å². The molecule has 0 aromatic heterocycles. The van der Waals surface area contributed by atoms with Crippen LogP contribution >= 0.6 is 0 Å². The van der Waals surface area contributed by atoms with Crippen LogP contribution in [0.25, 0.3) is 0 Å². The molecule has 0 saturated carbocycles. The molecule has 0 fully saturated rings. The summed E-state index contributed by atoms with van der Waals surface area (Å²) in [5.41, 5.74) is 0. The number of carboxylic acid groups (broad SMARTS) is 2. The number of aliphatic hydroxyl groups excluding tert-OH is 2. The first-order valence-electron chi connectivity index (χ1n) is 28.6. The standard InChI is InChI=1S/C21H42O4.2C18H36O2/c1-2-3-4-5-6-7-8-9-10-11-12-13-14-15-16-17-21(24)25-19-20(23)18-22;2*1-2-3-4-5-6-7-8-9-10-11-12-13-14-15-16-17-18(19)20/h20,22-23H,2-19H2,1H3;2*2-17H2,1H3,(H,19,20). The average Bonchev–Trinajstić information content (AvgIpc) is 3.29. The van der Waals surface area contributed by atoms with Crippen LogP contribution in [0.5, 0.6) is 0 Å². The molecule has 0 saturated heterocycles. The topological polar surface area (TPSA) is 141 Å². The van der Waals surface area contributed by atoms with Crippen LogP contribution in [-0.2, 0) is 19.1 Å². The van der Waals surface area contributed by atoms with Gasteiger partial charge in [-0.25, -0.2) is 0 Å². The van der Waals surface area contributed by atoms with Crippen LogP contribution in [0.1, 0.15) is 329 Å². The zero-order valence-corrected chi connectivity index (χ0v) is 43.9. The van der Waals surface area contributed by atoms with Gasteiger partial charge in [0.2, 0.25) is 0 Å². The molecule has 0 amide bonds. The quantitative estimate of drug-likeness (QED) is 0.0349. The zero-order chi connectivity index (χ0) is 48.4. The van der Waals surface area contributed by atoms with Gasteiger partial charge in [0.15, 0.2) is 0 Å². The molecule has 8 nitrogen and oxygen atoms in total. The molecule has 4 N–H and O–H groups in total. The van der Waals surface area contributed by atoms with Gasteiger partial charge in [0, 0.05) is 19.3 Å². The number of esters is 1. The Morgan fingerprint density at radius 2 is 0.508 bits per heavy atom. The molecular weight excluding hydrogens is 813 g/mol. The maximum absolute atomic E-state index is 11.4. The minimum absolute atomic E-state index is 0.103. The van der Waals surface area contributed by atoms with Gasteiger partial charge in [0.1, 0.15) is 12.7 Å². The average molecular weight is 928 g/mol. The Balaban J connectivity index is -0.000000896. The summed E-state index contributed by atoms with van der Waals surface area (Å²) >= 11 is 0. The summed E-state index contributed by atoms with van der Waals surface area (Å²) in [7, 11) is 0. The van der Waals surface area contributed by atoms with Gasteiger partial charge in [0.05, 0.1) is 6.61 Å². The van der Waals surface area contributed by atoms with E-state index in [0.29, 0.717) is 19.3 Å². The first kappa shape index (κ1) is 67.6. The molecule has 1 unspecified atom stereocenters. The Labute approximate surface area is 404 Å². The largest absolute Gasteiger partial charge is 0.481 e. The summed E-state index contributed by atoms with van der Waals surface area (Å²) in [4.78, 5) is 32.0. The van der Waals surface area contributed by atoms with E-state index in [-0.39, 0.29) is 19.2 Å². The van der Waals surface area contributed by atoms with Gasteiger partial charge in [-0.05, 0) is 19.3 Å². The Bertz CT molecular complexity index is 867. The van der Waals surface area contributed by atoms with Crippen LogP contribution in [-0.4, -0.2) is 57.7 Å². The minimum atomic E-state index is -0.954. The highest BCUT2D eigenvalue weighted by atomic mass is 16.5. The number of carboxylic acids is 2. The molecule has 0 aromatic rings. The first-order valence-corrected chi connectivity index (χ1v) is 28.6. The van der Waals surface area contributed by atoms with E-state index in [1.54, 1.807) is 0 Å². The number of aliphatic hydroxyl groups is 2. The van der Waals surface area contributed by atoms with E-state index in [1.807, 2.05) is 0 Å². The fourth-order valence-corrected chi connectivity index (χ4v) is 8.25.